The number of nitrogens with zero attached hydrogens (tertiary/aromatic N) is 1. The van der Waals surface area contributed by atoms with Gasteiger partial charge in [0.1, 0.15) is 17.1 Å². The van der Waals surface area contributed by atoms with Crippen LogP contribution in [0.1, 0.15) is 31.8 Å². The molecule has 28 heavy (non-hydrogen) atoms. The fourth-order valence-corrected chi connectivity index (χ4v) is 3.92. The molecule has 1 atom stereocenters. The lowest BCUT2D eigenvalue weighted by Gasteiger charge is -2.19. The van der Waals surface area contributed by atoms with Gasteiger partial charge in [-0.1, -0.05) is 18.2 Å². The van der Waals surface area contributed by atoms with E-state index in [1.54, 1.807) is 49.4 Å². The SMILES string of the molecule is CCNC(=NCC(C)(O)c1ccc(C)o1)NCCCS(=O)(=O)c1ccccc1. The van der Waals surface area contributed by atoms with Crippen molar-refractivity contribution in [3.63, 3.8) is 0 Å². The van der Waals surface area contributed by atoms with Crippen LogP contribution >= 0.6 is 0 Å². The number of nitrogens with one attached hydrogen (secondary N) is 2. The van der Waals surface area contributed by atoms with Crippen LogP contribution in [-0.2, 0) is 15.4 Å². The van der Waals surface area contributed by atoms with Gasteiger partial charge in [-0.15, -0.1) is 0 Å². The van der Waals surface area contributed by atoms with Gasteiger partial charge in [0, 0.05) is 13.1 Å². The summed E-state index contributed by atoms with van der Waals surface area (Å²) in [7, 11) is -3.29. The van der Waals surface area contributed by atoms with Crippen molar-refractivity contribution in [2.75, 3.05) is 25.4 Å². The maximum absolute atomic E-state index is 12.3. The number of hydrogen-bond acceptors (Lipinski definition) is 5. The number of rotatable bonds is 9. The van der Waals surface area contributed by atoms with E-state index in [1.807, 2.05) is 13.8 Å². The van der Waals surface area contributed by atoms with Crippen molar-refractivity contribution in [1.29, 1.82) is 0 Å². The van der Waals surface area contributed by atoms with E-state index < -0.39 is 15.4 Å². The summed E-state index contributed by atoms with van der Waals surface area (Å²) in [5.41, 5.74) is -1.23. The smallest absolute Gasteiger partial charge is 0.191 e. The molecule has 0 saturated heterocycles. The number of hydrogen-bond donors (Lipinski definition) is 3. The van der Waals surface area contributed by atoms with E-state index in [0.717, 1.165) is 5.76 Å². The van der Waals surface area contributed by atoms with Gasteiger partial charge in [0.2, 0.25) is 0 Å². The molecule has 0 saturated carbocycles. The highest BCUT2D eigenvalue weighted by Crippen LogP contribution is 2.23. The van der Waals surface area contributed by atoms with Gasteiger partial charge in [0.05, 0.1) is 17.2 Å². The summed E-state index contributed by atoms with van der Waals surface area (Å²) in [5.74, 6) is 1.75. The molecule has 1 heterocycles. The standard InChI is InChI=1S/C20H29N3O4S/c1-4-21-19(23-15-20(3,24)18-12-11-16(2)27-18)22-13-8-14-28(25,26)17-9-6-5-7-10-17/h5-7,9-12,24H,4,8,13-15H2,1-3H3,(H2,21,22,23). The fourth-order valence-electron chi connectivity index (χ4n) is 2.59. The molecule has 1 aromatic carbocycles. The molecule has 0 aliphatic rings. The highest BCUT2D eigenvalue weighted by atomic mass is 32.2. The van der Waals surface area contributed by atoms with E-state index in [1.165, 1.54) is 0 Å². The number of aryl methyl sites for hydroxylation is 1. The largest absolute Gasteiger partial charge is 0.463 e. The van der Waals surface area contributed by atoms with Crippen LogP contribution in [0.2, 0.25) is 0 Å². The van der Waals surface area contributed by atoms with Gasteiger partial charge in [0.25, 0.3) is 0 Å². The first-order chi connectivity index (χ1) is 13.2. The van der Waals surface area contributed by atoms with Crippen molar-refractivity contribution in [2.45, 2.75) is 37.7 Å². The van der Waals surface area contributed by atoms with Crippen LogP contribution < -0.4 is 10.6 Å². The minimum absolute atomic E-state index is 0.0484. The number of sulfone groups is 1. The Morgan fingerprint density at radius 2 is 1.89 bits per heavy atom. The second-order valence-corrected chi connectivity index (χ2v) is 8.90. The molecule has 0 amide bonds. The Morgan fingerprint density at radius 3 is 2.50 bits per heavy atom. The summed E-state index contributed by atoms with van der Waals surface area (Å²) in [6.45, 7) is 6.60. The van der Waals surface area contributed by atoms with E-state index in [-0.39, 0.29) is 12.3 Å². The average Bonchev–Trinajstić information content (AvgIpc) is 3.11. The lowest BCUT2D eigenvalue weighted by molar-refractivity contribution is 0.0428. The summed E-state index contributed by atoms with van der Waals surface area (Å²) < 4.78 is 30.1. The molecule has 8 heteroatoms. The summed E-state index contributed by atoms with van der Waals surface area (Å²) in [6, 6.07) is 12.0. The summed E-state index contributed by atoms with van der Waals surface area (Å²) in [5, 5.41) is 16.8. The van der Waals surface area contributed by atoms with Gasteiger partial charge >= 0.3 is 0 Å². The number of aliphatic imine (C=N–C) groups is 1. The molecule has 0 spiro atoms. The molecule has 0 radical (unpaired) electrons. The quantitative estimate of drug-likeness (QED) is 0.334. The third-order valence-corrected chi connectivity index (χ3v) is 5.96. The molecule has 0 aliphatic heterocycles. The van der Waals surface area contributed by atoms with Crippen LogP contribution in [0.4, 0.5) is 0 Å². The van der Waals surface area contributed by atoms with Crippen LogP contribution in [0, 0.1) is 6.92 Å². The minimum atomic E-state index is -3.29. The molecule has 0 fully saturated rings. The molecule has 1 unspecified atom stereocenters. The van der Waals surface area contributed by atoms with Crippen LogP contribution in [0.25, 0.3) is 0 Å². The number of aliphatic hydroxyl groups is 1. The van der Waals surface area contributed by atoms with Crippen molar-refractivity contribution >= 4 is 15.8 Å². The summed E-state index contributed by atoms with van der Waals surface area (Å²) >= 11 is 0. The van der Waals surface area contributed by atoms with Crippen molar-refractivity contribution < 1.29 is 17.9 Å². The minimum Gasteiger partial charge on any atom is -0.463 e. The van der Waals surface area contributed by atoms with Crippen molar-refractivity contribution in [3.05, 3.63) is 54.0 Å². The second kappa shape index (κ2) is 9.75. The normalized spacial score (nSPS) is 14.5. The monoisotopic (exact) mass is 407 g/mol. The average molecular weight is 408 g/mol. The predicted molar refractivity (Wildman–Crippen MR) is 110 cm³/mol. The Labute approximate surface area is 166 Å². The van der Waals surface area contributed by atoms with Gasteiger partial charge in [-0.3, -0.25) is 0 Å². The van der Waals surface area contributed by atoms with Crippen molar-refractivity contribution in [2.24, 2.45) is 4.99 Å². The molecule has 0 aliphatic carbocycles. The lowest BCUT2D eigenvalue weighted by atomic mass is 10.0. The molecule has 154 valence electrons. The molecule has 0 bridgehead atoms. The topological polar surface area (TPSA) is 104 Å². The van der Waals surface area contributed by atoms with E-state index in [2.05, 4.69) is 15.6 Å². The number of guanidine groups is 1. The maximum atomic E-state index is 12.3. The van der Waals surface area contributed by atoms with Gasteiger partial charge in [-0.2, -0.15) is 0 Å². The lowest BCUT2D eigenvalue weighted by Crippen LogP contribution is -2.39. The fraction of sp³-hybridized carbons (Fsp3) is 0.450. The molecule has 7 nitrogen and oxygen atoms in total. The zero-order valence-corrected chi connectivity index (χ0v) is 17.4. The van der Waals surface area contributed by atoms with Crippen LogP contribution in [-0.4, -0.2) is 44.9 Å². The molecular weight excluding hydrogens is 378 g/mol. The third-order valence-electron chi connectivity index (χ3n) is 4.15. The van der Waals surface area contributed by atoms with E-state index in [0.29, 0.717) is 36.1 Å². The number of furan rings is 1. The second-order valence-electron chi connectivity index (χ2n) is 6.79. The molecule has 2 rings (SSSR count). The summed E-state index contributed by atoms with van der Waals surface area (Å²) in [6.07, 6.45) is 0.440. The van der Waals surface area contributed by atoms with E-state index in [9.17, 15) is 13.5 Å². The molecule has 3 N–H and O–H groups in total. The van der Waals surface area contributed by atoms with Crippen LogP contribution in [0.15, 0.2) is 56.8 Å². The van der Waals surface area contributed by atoms with Gasteiger partial charge in [0.15, 0.2) is 15.8 Å². The van der Waals surface area contributed by atoms with Gasteiger partial charge < -0.3 is 20.2 Å². The first kappa shape index (κ1) is 22.0. The first-order valence-electron chi connectivity index (χ1n) is 9.34. The van der Waals surface area contributed by atoms with Gasteiger partial charge in [-0.25, -0.2) is 13.4 Å². The highest BCUT2D eigenvalue weighted by Gasteiger charge is 2.26. The van der Waals surface area contributed by atoms with Gasteiger partial charge in [-0.05, 0) is 51.5 Å². The Balaban J connectivity index is 1.89. The zero-order chi connectivity index (χ0) is 20.6. The Kier molecular flexibility index (Phi) is 7.65. The van der Waals surface area contributed by atoms with Crippen LogP contribution in [0.5, 0.6) is 0 Å². The highest BCUT2D eigenvalue weighted by molar-refractivity contribution is 7.91. The molecule has 1 aromatic heterocycles. The van der Waals surface area contributed by atoms with E-state index >= 15 is 0 Å². The third kappa shape index (κ3) is 6.38. The zero-order valence-electron chi connectivity index (χ0n) is 16.6. The van der Waals surface area contributed by atoms with Crippen molar-refractivity contribution in [1.82, 2.24) is 10.6 Å². The Hall–Kier alpha value is -2.32. The Bertz CT molecular complexity index is 874. The Morgan fingerprint density at radius 1 is 1.18 bits per heavy atom. The maximum Gasteiger partial charge on any atom is 0.191 e. The molecular formula is C20H29N3O4S. The molecule has 2 aromatic rings. The van der Waals surface area contributed by atoms with Crippen LogP contribution in [0.3, 0.4) is 0 Å². The van der Waals surface area contributed by atoms with Crippen molar-refractivity contribution in [3.8, 4) is 0 Å². The number of benzene rings is 1. The van der Waals surface area contributed by atoms with E-state index in [4.69, 9.17) is 4.42 Å². The summed E-state index contributed by atoms with van der Waals surface area (Å²) in [4.78, 5) is 4.73. The first-order valence-corrected chi connectivity index (χ1v) is 11.0. The predicted octanol–water partition coefficient (Wildman–Crippen LogP) is 2.21.